The molecule has 0 atom stereocenters. The molecule has 174 valence electrons. The lowest BCUT2D eigenvalue weighted by Crippen LogP contribution is -2.23. The zero-order valence-corrected chi connectivity index (χ0v) is 19.3. The number of nitrogens with zero attached hydrogens (tertiary/aromatic N) is 1. The summed E-state index contributed by atoms with van der Waals surface area (Å²) >= 11 is 1.23. The molecule has 2 aromatic carbocycles. The molecular weight excluding hydrogens is 448 g/mol. The lowest BCUT2D eigenvalue weighted by molar-refractivity contribution is -0.149. The quantitative estimate of drug-likeness (QED) is 0.420. The molecule has 3 rings (SSSR count). The predicted molar refractivity (Wildman–Crippen MR) is 123 cm³/mol. The molecule has 1 aromatic heterocycles. The maximum absolute atomic E-state index is 12.2. The Kier molecular flexibility index (Phi) is 8.48. The molecule has 33 heavy (non-hydrogen) atoms. The number of ether oxygens (including phenoxy) is 5. The van der Waals surface area contributed by atoms with Crippen molar-refractivity contribution in [2.45, 2.75) is 6.92 Å². The van der Waals surface area contributed by atoms with E-state index in [1.54, 1.807) is 62.1 Å². The van der Waals surface area contributed by atoms with Crippen LogP contribution in [0.3, 0.4) is 0 Å². The lowest BCUT2D eigenvalue weighted by atomic mass is 10.1. The number of rotatable bonds is 11. The number of methoxy groups -OCH3 is 2. The number of carbonyl (C=O) groups excluding carboxylic acids is 2. The third kappa shape index (κ3) is 6.59. The van der Waals surface area contributed by atoms with Crippen LogP contribution < -0.4 is 24.3 Å². The van der Waals surface area contributed by atoms with Gasteiger partial charge in [0.25, 0.3) is 5.91 Å². The topological polar surface area (TPSA) is 105 Å². The summed E-state index contributed by atoms with van der Waals surface area (Å²) in [5.74, 6) is 1.03. The van der Waals surface area contributed by atoms with Crippen molar-refractivity contribution in [2.75, 3.05) is 39.4 Å². The van der Waals surface area contributed by atoms with E-state index in [1.165, 1.54) is 11.3 Å². The number of hydrogen-bond donors (Lipinski definition) is 1. The lowest BCUT2D eigenvalue weighted by Gasteiger charge is -2.11. The second kappa shape index (κ2) is 11.7. The molecule has 9 nitrogen and oxygen atoms in total. The van der Waals surface area contributed by atoms with Gasteiger partial charge in [-0.3, -0.25) is 10.1 Å². The third-order valence-corrected chi connectivity index (χ3v) is 5.05. The largest absolute Gasteiger partial charge is 0.497 e. The smallest absolute Gasteiger partial charge is 0.344 e. The molecule has 0 unspecified atom stereocenters. The summed E-state index contributed by atoms with van der Waals surface area (Å²) in [7, 11) is 3.14. The summed E-state index contributed by atoms with van der Waals surface area (Å²) in [5.41, 5.74) is 1.34. The van der Waals surface area contributed by atoms with Crippen molar-refractivity contribution in [1.29, 1.82) is 0 Å². The van der Waals surface area contributed by atoms with Crippen LogP contribution in [-0.2, 0) is 14.3 Å². The van der Waals surface area contributed by atoms with E-state index in [0.717, 1.165) is 5.56 Å². The fourth-order valence-corrected chi connectivity index (χ4v) is 3.52. The van der Waals surface area contributed by atoms with Crippen LogP contribution in [0.25, 0.3) is 11.3 Å². The first kappa shape index (κ1) is 23.9. The number of benzene rings is 2. The molecule has 0 radical (unpaired) electrons. The van der Waals surface area contributed by atoms with E-state index in [0.29, 0.717) is 40.4 Å². The number of nitrogens with one attached hydrogen (secondary N) is 1. The minimum Gasteiger partial charge on any atom is -0.497 e. The van der Waals surface area contributed by atoms with Gasteiger partial charge < -0.3 is 23.7 Å². The average Bonchev–Trinajstić information content (AvgIpc) is 3.30. The van der Waals surface area contributed by atoms with Crippen molar-refractivity contribution in [1.82, 2.24) is 4.98 Å². The summed E-state index contributed by atoms with van der Waals surface area (Å²) in [6.45, 7) is 1.50. The van der Waals surface area contributed by atoms with Gasteiger partial charge in [-0.2, -0.15) is 0 Å². The van der Waals surface area contributed by atoms with Gasteiger partial charge >= 0.3 is 5.97 Å². The second-order valence-corrected chi connectivity index (χ2v) is 7.34. The number of esters is 1. The number of aromatic nitrogens is 1. The minimum atomic E-state index is -0.683. The Balaban J connectivity index is 1.51. The van der Waals surface area contributed by atoms with Gasteiger partial charge in [0.2, 0.25) is 0 Å². The van der Waals surface area contributed by atoms with Gasteiger partial charge in [0.05, 0.1) is 26.5 Å². The molecular formula is C23H24N2O7S. The molecule has 10 heteroatoms. The SMILES string of the molecule is CCOc1ccccc1OCC(=O)OCC(=O)Nc1nc(-c2cc(OC)ccc2OC)cs1. The van der Waals surface area contributed by atoms with Crippen LogP contribution in [0, 0.1) is 0 Å². The molecule has 0 saturated heterocycles. The van der Waals surface area contributed by atoms with Gasteiger partial charge in [0, 0.05) is 10.9 Å². The van der Waals surface area contributed by atoms with E-state index in [9.17, 15) is 9.59 Å². The molecule has 0 bridgehead atoms. The zero-order chi connectivity index (χ0) is 23.6. The van der Waals surface area contributed by atoms with Crippen molar-refractivity contribution in [3.05, 3.63) is 47.8 Å². The number of para-hydroxylation sites is 2. The Bertz CT molecular complexity index is 1100. The van der Waals surface area contributed by atoms with Crippen LogP contribution in [0.1, 0.15) is 6.92 Å². The molecule has 1 amide bonds. The van der Waals surface area contributed by atoms with Gasteiger partial charge in [-0.25, -0.2) is 9.78 Å². The number of amides is 1. The summed E-state index contributed by atoms with van der Waals surface area (Å²) in [4.78, 5) is 28.5. The normalized spacial score (nSPS) is 10.3. The molecule has 1 N–H and O–H groups in total. The first-order valence-electron chi connectivity index (χ1n) is 10.0. The molecule has 0 saturated carbocycles. The van der Waals surface area contributed by atoms with Gasteiger partial charge in [-0.15, -0.1) is 11.3 Å². The van der Waals surface area contributed by atoms with Gasteiger partial charge in [0.15, 0.2) is 29.8 Å². The van der Waals surface area contributed by atoms with Crippen LogP contribution in [-0.4, -0.2) is 50.9 Å². The van der Waals surface area contributed by atoms with E-state index in [4.69, 9.17) is 23.7 Å². The summed E-state index contributed by atoms with van der Waals surface area (Å²) in [5, 5.41) is 4.75. The van der Waals surface area contributed by atoms with E-state index < -0.39 is 18.5 Å². The summed E-state index contributed by atoms with van der Waals surface area (Å²) < 4.78 is 26.5. The minimum absolute atomic E-state index is 0.353. The first-order chi connectivity index (χ1) is 16.0. The Labute approximate surface area is 195 Å². The van der Waals surface area contributed by atoms with Crippen molar-refractivity contribution in [3.63, 3.8) is 0 Å². The highest BCUT2D eigenvalue weighted by Crippen LogP contribution is 2.35. The molecule has 0 aliphatic carbocycles. The number of thiazole rings is 1. The molecule has 0 aliphatic heterocycles. The van der Waals surface area contributed by atoms with Crippen molar-refractivity contribution in [2.24, 2.45) is 0 Å². The molecule has 1 heterocycles. The number of hydrogen-bond acceptors (Lipinski definition) is 9. The highest BCUT2D eigenvalue weighted by Gasteiger charge is 2.15. The van der Waals surface area contributed by atoms with Crippen molar-refractivity contribution >= 4 is 28.3 Å². The highest BCUT2D eigenvalue weighted by atomic mass is 32.1. The Morgan fingerprint density at radius 2 is 1.73 bits per heavy atom. The van der Waals surface area contributed by atoms with E-state index in [2.05, 4.69) is 10.3 Å². The molecule has 0 aliphatic rings. The van der Waals surface area contributed by atoms with Crippen LogP contribution in [0.2, 0.25) is 0 Å². The highest BCUT2D eigenvalue weighted by molar-refractivity contribution is 7.14. The summed E-state index contributed by atoms with van der Waals surface area (Å²) in [6.07, 6.45) is 0. The third-order valence-electron chi connectivity index (χ3n) is 4.29. The number of carbonyl (C=O) groups is 2. The Hall–Kier alpha value is -3.79. The molecule has 3 aromatic rings. The van der Waals surface area contributed by atoms with E-state index in [1.807, 2.05) is 6.92 Å². The molecule has 0 spiro atoms. The van der Waals surface area contributed by atoms with Crippen LogP contribution in [0.4, 0.5) is 5.13 Å². The average molecular weight is 473 g/mol. The number of anilines is 1. The predicted octanol–water partition coefficient (Wildman–Crippen LogP) is 3.79. The maximum Gasteiger partial charge on any atom is 0.344 e. The zero-order valence-electron chi connectivity index (χ0n) is 18.5. The van der Waals surface area contributed by atoms with Gasteiger partial charge in [-0.05, 0) is 37.3 Å². The van der Waals surface area contributed by atoms with Crippen LogP contribution >= 0.6 is 11.3 Å². The van der Waals surface area contributed by atoms with Crippen LogP contribution in [0.5, 0.6) is 23.0 Å². The van der Waals surface area contributed by atoms with E-state index in [-0.39, 0.29) is 6.61 Å². The fraction of sp³-hybridized carbons (Fsp3) is 0.261. The Morgan fingerprint density at radius 1 is 0.970 bits per heavy atom. The standard InChI is InChI=1S/C23H24N2O7S/c1-4-30-19-7-5-6-8-20(19)31-13-22(27)32-12-21(26)25-23-24-17(14-33-23)16-11-15(28-2)9-10-18(16)29-3/h5-11,14H,4,12-13H2,1-3H3,(H,24,25,26). The van der Waals surface area contributed by atoms with Gasteiger partial charge in [0.1, 0.15) is 11.5 Å². The molecule has 0 fully saturated rings. The fourth-order valence-electron chi connectivity index (χ4n) is 2.79. The van der Waals surface area contributed by atoms with E-state index >= 15 is 0 Å². The Morgan fingerprint density at radius 3 is 2.42 bits per heavy atom. The first-order valence-corrected chi connectivity index (χ1v) is 10.9. The van der Waals surface area contributed by atoms with Crippen molar-refractivity contribution < 1.29 is 33.3 Å². The van der Waals surface area contributed by atoms with Gasteiger partial charge in [-0.1, -0.05) is 12.1 Å². The van der Waals surface area contributed by atoms with Crippen molar-refractivity contribution in [3.8, 4) is 34.3 Å². The maximum atomic E-state index is 12.2. The second-order valence-electron chi connectivity index (χ2n) is 6.48. The summed E-state index contributed by atoms with van der Waals surface area (Å²) in [6, 6.07) is 12.3. The van der Waals surface area contributed by atoms with Crippen LogP contribution in [0.15, 0.2) is 47.8 Å². The monoisotopic (exact) mass is 472 g/mol.